The molecule has 0 fully saturated rings. The highest BCUT2D eigenvalue weighted by atomic mass is 79.9. The van der Waals surface area contributed by atoms with E-state index < -0.39 is 12.1 Å². The van der Waals surface area contributed by atoms with Gasteiger partial charge in [0.1, 0.15) is 0 Å². The third-order valence-corrected chi connectivity index (χ3v) is 3.75. The Morgan fingerprint density at radius 2 is 2.38 bits per heavy atom. The largest absolute Gasteiger partial charge is 0.479 e. The van der Waals surface area contributed by atoms with E-state index in [-0.39, 0.29) is 6.42 Å². The summed E-state index contributed by atoms with van der Waals surface area (Å²) in [6, 6.07) is 1.84. The highest BCUT2D eigenvalue weighted by molar-refractivity contribution is 9.10. The number of carboxylic acid groups (broad SMARTS) is 1. The molecule has 0 bridgehead atoms. The molecule has 0 saturated heterocycles. The molecule has 0 aliphatic carbocycles. The number of aliphatic carboxylic acids is 1. The summed E-state index contributed by atoms with van der Waals surface area (Å²) >= 11 is 4.81. The van der Waals surface area contributed by atoms with E-state index in [9.17, 15) is 4.79 Å². The van der Waals surface area contributed by atoms with Crippen LogP contribution in [0.25, 0.3) is 0 Å². The maximum Gasteiger partial charge on any atom is 0.332 e. The third kappa shape index (κ3) is 2.79. The lowest BCUT2D eigenvalue weighted by Gasteiger charge is -2.01. The Kier molecular flexibility index (Phi) is 3.47. The van der Waals surface area contributed by atoms with Crippen molar-refractivity contribution in [2.75, 3.05) is 0 Å². The SMILES string of the molecule is Cc1sc(CC(O)C(=O)O)cc1Br. The molecule has 0 saturated carbocycles. The molecule has 0 aliphatic heterocycles. The molecule has 1 atom stereocenters. The minimum atomic E-state index is -1.30. The molecular formula is C8H9BrO3S. The predicted octanol–water partition coefficient (Wildman–Crippen LogP) is 1.81. The highest BCUT2D eigenvalue weighted by Crippen LogP contribution is 2.27. The number of thiophene rings is 1. The first-order chi connectivity index (χ1) is 6.00. The van der Waals surface area contributed by atoms with Crippen LogP contribution in [0.2, 0.25) is 0 Å². The highest BCUT2D eigenvalue weighted by Gasteiger charge is 2.15. The van der Waals surface area contributed by atoms with E-state index in [4.69, 9.17) is 10.2 Å². The fourth-order valence-electron chi connectivity index (χ4n) is 0.896. The van der Waals surface area contributed by atoms with E-state index in [1.165, 1.54) is 11.3 Å². The van der Waals surface area contributed by atoms with Gasteiger partial charge in [-0.2, -0.15) is 0 Å². The number of aryl methyl sites for hydroxylation is 1. The van der Waals surface area contributed by atoms with Crippen LogP contribution < -0.4 is 0 Å². The minimum absolute atomic E-state index is 0.173. The molecule has 0 aromatic carbocycles. The van der Waals surface area contributed by atoms with Gasteiger partial charge in [-0.25, -0.2) is 4.79 Å². The molecule has 0 aliphatic rings. The summed E-state index contributed by atoms with van der Waals surface area (Å²) in [5.41, 5.74) is 0. The molecule has 1 heterocycles. The van der Waals surface area contributed by atoms with Crippen LogP contribution in [0.4, 0.5) is 0 Å². The second kappa shape index (κ2) is 4.21. The molecule has 2 N–H and O–H groups in total. The third-order valence-electron chi connectivity index (χ3n) is 1.59. The van der Waals surface area contributed by atoms with Gasteiger partial charge in [0.2, 0.25) is 0 Å². The van der Waals surface area contributed by atoms with E-state index in [1.807, 2.05) is 13.0 Å². The van der Waals surface area contributed by atoms with E-state index >= 15 is 0 Å². The lowest BCUT2D eigenvalue weighted by molar-refractivity contribution is -0.146. The lowest BCUT2D eigenvalue weighted by Crippen LogP contribution is -2.21. The molecule has 1 rings (SSSR count). The van der Waals surface area contributed by atoms with E-state index in [2.05, 4.69) is 15.9 Å². The molecule has 0 radical (unpaired) electrons. The normalized spacial score (nSPS) is 12.8. The number of carbonyl (C=O) groups is 1. The van der Waals surface area contributed by atoms with Crippen molar-refractivity contribution in [2.45, 2.75) is 19.4 Å². The number of rotatable bonds is 3. The Hall–Kier alpha value is -0.390. The first-order valence-electron chi connectivity index (χ1n) is 3.66. The zero-order valence-corrected chi connectivity index (χ0v) is 9.35. The number of carboxylic acids is 1. The Morgan fingerprint density at radius 3 is 2.77 bits per heavy atom. The molecule has 3 nitrogen and oxygen atoms in total. The van der Waals surface area contributed by atoms with Crippen molar-refractivity contribution in [3.63, 3.8) is 0 Å². The van der Waals surface area contributed by atoms with Crippen molar-refractivity contribution < 1.29 is 15.0 Å². The quantitative estimate of drug-likeness (QED) is 0.876. The standard InChI is InChI=1S/C8H9BrO3S/c1-4-6(9)2-5(13-4)3-7(10)8(11)12/h2,7,10H,3H2,1H3,(H,11,12). The van der Waals surface area contributed by atoms with Crippen LogP contribution >= 0.6 is 27.3 Å². The summed E-state index contributed by atoms with van der Waals surface area (Å²) in [5.74, 6) is -1.18. The fourth-order valence-corrected chi connectivity index (χ4v) is 2.53. The van der Waals surface area contributed by atoms with E-state index in [0.29, 0.717) is 0 Å². The second-order valence-electron chi connectivity index (χ2n) is 2.67. The maximum absolute atomic E-state index is 10.3. The molecular weight excluding hydrogens is 256 g/mol. The van der Waals surface area contributed by atoms with Gasteiger partial charge in [0.15, 0.2) is 6.10 Å². The maximum atomic E-state index is 10.3. The molecule has 0 amide bonds. The Balaban J connectivity index is 2.69. The van der Waals surface area contributed by atoms with Crippen LogP contribution in [0.1, 0.15) is 9.75 Å². The summed E-state index contributed by atoms with van der Waals surface area (Å²) in [6.07, 6.45) is -1.13. The molecule has 13 heavy (non-hydrogen) atoms. The van der Waals surface area contributed by atoms with Gasteiger partial charge in [-0.15, -0.1) is 11.3 Å². The number of aliphatic hydroxyl groups excluding tert-OH is 1. The monoisotopic (exact) mass is 264 g/mol. The molecule has 1 aromatic heterocycles. The van der Waals surface area contributed by atoms with Crippen molar-refractivity contribution in [1.29, 1.82) is 0 Å². The topological polar surface area (TPSA) is 57.5 Å². The number of hydrogen-bond acceptors (Lipinski definition) is 3. The number of aliphatic hydroxyl groups is 1. The summed E-state index contributed by atoms with van der Waals surface area (Å²) in [5, 5.41) is 17.5. The first kappa shape index (κ1) is 10.7. The van der Waals surface area contributed by atoms with Gasteiger partial charge >= 0.3 is 5.97 Å². The van der Waals surface area contributed by atoms with Gasteiger partial charge in [-0.1, -0.05) is 0 Å². The van der Waals surface area contributed by atoms with Crippen LogP contribution in [0.15, 0.2) is 10.5 Å². The smallest absolute Gasteiger partial charge is 0.332 e. The lowest BCUT2D eigenvalue weighted by atomic mass is 10.2. The Bertz CT molecular complexity index is 302. The zero-order chi connectivity index (χ0) is 10.0. The molecule has 72 valence electrons. The summed E-state index contributed by atoms with van der Waals surface area (Å²) < 4.78 is 0.963. The van der Waals surface area contributed by atoms with Gasteiger partial charge in [0.25, 0.3) is 0 Å². The molecule has 1 aromatic rings. The fraction of sp³-hybridized carbons (Fsp3) is 0.375. The van der Waals surface area contributed by atoms with Crippen LogP contribution in [0.5, 0.6) is 0 Å². The van der Waals surface area contributed by atoms with Gasteiger partial charge in [0, 0.05) is 20.6 Å². The molecule has 0 spiro atoms. The van der Waals surface area contributed by atoms with Crippen molar-refractivity contribution in [3.8, 4) is 0 Å². The van der Waals surface area contributed by atoms with Crippen molar-refractivity contribution in [2.24, 2.45) is 0 Å². The van der Waals surface area contributed by atoms with Crippen LogP contribution in [0.3, 0.4) is 0 Å². The average Bonchev–Trinajstić information content (AvgIpc) is 2.31. The molecule has 5 heteroatoms. The minimum Gasteiger partial charge on any atom is -0.479 e. The van der Waals surface area contributed by atoms with E-state index in [1.54, 1.807) is 0 Å². The summed E-state index contributed by atoms with van der Waals surface area (Å²) in [7, 11) is 0. The van der Waals surface area contributed by atoms with Gasteiger partial charge < -0.3 is 10.2 Å². The molecule has 1 unspecified atom stereocenters. The van der Waals surface area contributed by atoms with Crippen molar-refractivity contribution in [3.05, 3.63) is 20.3 Å². The average molecular weight is 265 g/mol. The predicted molar refractivity (Wildman–Crippen MR) is 54.1 cm³/mol. The Morgan fingerprint density at radius 1 is 1.77 bits per heavy atom. The van der Waals surface area contributed by atoms with E-state index in [0.717, 1.165) is 14.2 Å². The summed E-state index contributed by atoms with van der Waals surface area (Å²) in [6.45, 7) is 1.94. The van der Waals surface area contributed by atoms with Crippen LogP contribution in [-0.4, -0.2) is 22.3 Å². The number of halogens is 1. The van der Waals surface area contributed by atoms with Crippen LogP contribution in [-0.2, 0) is 11.2 Å². The summed E-state index contributed by atoms with van der Waals surface area (Å²) in [4.78, 5) is 12.3. The van der Waals surface area contributed by atoms with Crippen molar-refractivity contribution >= 4 is 33.2 Å². The van der Waals surface area contributed by atoms with Gasteiger partial charge in [0.05, 0.1) is 0 Å². The van der Waals surface area contributed by atoms with Crippen LogP contribution in [0, 0.1) is 6.92 Å². The van der Waals surface area contributed by atoms with Gasteiger partial charge in [-0.05, 0) is 28.9 Å². The Labute approximate surface area is 88.1 Å². The second-order valence-corrected chi connectivity index (χ2v) is 4.87. The zero-order valence-electron chi connectivity index (χ0n) is 6.95. The van der Waals surface area contributed by atoms with Gasteiger partial charge in [-0.3, -0.25) is 0 Å². The van der Waals surface area contributed by atoms with Crippen molar-refractivity contribution in [1.82, 2.24) is 0 Å². The first-order valence-corrected chi connectivity index (χ1v) is 5.27. The number of hydrogen-bond donors (Lipinski definition) is 2.